The summed E-state index contributed by atoms with van der Waals surface area (Å²) < 4.78 is 0.434. The molecule has 4 fully saturated rings. The Morgan fingerprint density at radius 1 is 1.27 bits per heavy atom. The van der Waals surface area contributed by atoms with Crippen LogP contribution in [0.1, 0.15) is 38.5 Å². The van der Waals surface area contributed by atoms with E-state index in [1.165, 1.54) is 19.3 Å². The first kappa shape index (κ1) is 10.8. The molecule has 84 valence electrons. The number of ketones is 1. The zero-order chi connectivity index (χ0) is 10.7. The van der Waals surface area contributed by atoms with E-state index in [2.05, 4.69) is 22.6 Å². The Kier molecular flexibility index (Phi) is 2.41. The molecule has 0 spiro atoms. The van der Waals surface area contributed by atoms with Gasteiger partial charge in [-0.1, -0.05) is 22.6 Å². The van der Waals surface area contributed by atoms with Gasteiger partial charge >= 0.3 is 0 Å². The first-order chi connectivity index (χ1) is 7.05. The highest BCUT2D eigenvalue weighted by Crippen LogP contribution is 2.64. The molecule has 0 aromatic carbocycles. The Morgan fingerprint density at radius 2 is 1.87 bits per heavy atom. The van der Waals surface area contributed by atoms with Crippen LogP contribution in [0.5, 0.6) is 0 Å². The topological polar surface area (TPSA) is 17.1 Å². The largest absolute Gasteiger partial charge is 0.298 e. The second-order valence-corrected chi connectivity index (χ2v) is 8.50. The molecule has 1 nitrogen and oxygen atoms in total. The highest BCUT2D eigenvalue weighted by Gasteiger charge is 2.59. The normalized spacial score (nSPS) is 52.1. The summed E-state index contributed by atoms with van der Waals surface area (Å²) in [7, 11) is 0. The van der Waals surface area contributed by atoms with Gasteiger partial charge in [0.1, 0.15) is 0 Å². The van der Waals surface area contributed by atoms with E-state index in [-0.39, 0.29) is 11.3 Å². The van der Waals surface area contributed by atoms with Crippen LogP contribution in [0.3, 0.4) is 0 Å². The van der Waals surface area contributed by atoms with Gasteiger partial charge in [0.25, 0.3) is 0 Å². The van der Waals surface area contributed by atoms with Crippen LogP contribution in [0.15, 0.2) is 0 Å². The second kappa shape index (κ2) is 3.34. The van der Waals surface area contributed by atoms with Crippen molar-refractivity contribution in [1.29, 1.82) is 0 Å². The minimum atomic E-state index is -0.00692. The van der Waals surface area contributed by atoms with Crippen molar-refractivity contribution in [3.63, 3.8) is 0 Å². The van der Waals surface area contributed by atoms with Gasteiger partial charge in [-0.25, -0.2) is 0 Å². The van der Waals surface area contributed by atoms with Gasteiger partial charge < -0.3 is 0 Å². The number of hydrogen-bond donors (Lipinski definition) is 0. The third-order valence-electron chi connectivity index (χ3n) is 4.70. The van der Waals surface area contributed by atoms with Crippen molar-refractivity contribution in [2.24, 2.45) is 17.3 Å². The van der Waals surface area contributed by atoms with Gasteiger partial charge in [-0.2, -0.15) is 0 Å². The van der Waals surface area contributed by atoms with E-state index in [9.17, 15) is 4.79 Å². The standard InChI is InChI=1S/C12H16ClIO/c13-6-10(15)11-2-8-1-9(3-11)5-12(14,4-8)7-11/h8-9H,1-7H2. The van der Waals surface area contributed by atoms with E-state index in [0.29, 0.717) is 9.20 Å². The van der Waals surface area contributed by atoms with E-state index in [0.717, 1.165) is 31.1 Å². The van der Waals surface area contributed by atoms with Gasteiger partial charge in [0.2, 0.25) is 0 Å². The average Bonchev–Trinajstić information content (AvgIpc) is 2.12. The maximum absolute atomic E-state index is 12.1. The Balaban J connectivity index is 1.96. The molecule has 4 bridgehead atoms. The first-order valence-corrected chi connectivity index (χ1v) is 7.45. The molecule has 4 saturated carbocycles. The summed E-state index contributed by atoms with van der Waals surface area (Å²) in [5.41, 5.74) is -0.00692. The number of hydrogen-bond acceptors (Lipinski definition) is 1. The lowest BCUT2D eigenvalue weighted by molar-refractivity contribution is -0.138. The zero-order valence-electron chi connectivity index (χ0n) is 8.77. The van der Waals surface area contributed by atoms with E-state index in [4.69, 9.17) is 11.6 Å². The van der Waals surface area contributed by atoms with Gasteiger partial charge in [0.05, 0.1) is 5.88 Å². The highest BCUT2D eigenvalue weighted by atomic mass is 127. The molecular weight excluding hydrogens is 322 g/mol. The third-order valence-corrected chi connectivity index (χ3v) is 6.21. The fraction of sp³-hybridized carbons (Fsp3) is 0.917. The Labute approximate surface area is 109 Å². The summed E-state index contributed by atoms with van der Waals surface area (Å²) >= 11 is 8.41. The van der Waals surface area contributed by atoms with Crippen molar-refractivity contribution in [3.8, 4) is 0 Å². The molecule has 0 aliphatic heterocycles. The van der Waals surface area contributed by atoms with Crippen molar-refractivity contribution in [3.05, 3.63) is 0 Å². The monoisotopic (exact) mass is 338 g/mol. The molecule has 4 aliphatic rings. The summed E-state index contributed by atoms with van der Waals surface area (Å²) in [6, 6.07) is 0. The van der Waals surface area contributed by atoms with Crippen LogP contribution in [0.2, 0.25) is 0 Å². The summed E-state index contributed by atoms with van der Waals surface area (Å²) in [6.07, 6.45) is 7.46. The lowest BCUT2D eigenvalue weighted by Crippen LogP contribution is -2.56. The maximum atomic E-state index is 12.1. The lowest BCUT2D eigenvalue weighted by atomic mass is 9.48. The van der Waals surface area contributed by atoms with Crippen molar-refractivity contribution < 1.29 is 4.79 Å². The molecule has 4 aliphatic carbocycles. The zero-order valence-corrected chi connectivity index (χ0v) is 11.7. The van der Waals surface area contributed by atoms with Crippen molar-refractivity contribution in [2.45, 2.75) is 41.9 Å². The smallest absolute Gasteiger partial charge is 0.153 e. The predicted molar refractivity (Wildman–Crippen MR) is 69.6 cm³/mol. The number of carbonyl (C=O) groups is 1. The van der Waals surface area contributed by atoms with Crippen LogP contribution in [-0.2, 0) is 4.79 Å². The Hall–Kier alpha value is 0.690. The fourth-order valence-electron chi connectivity index (χ4n) is 4.62. The quantitative estimate of drug-likeness (QED) is 0.556. The van der Waals surface area contributed by atoms with E-state index >= 15 is 0 Å². The number of Topliss-reactive ketones (excluding diaryl/α,β-unsaturated/α-hetero) is 1. The molecule has 0 aromatic rings. The summed E-state index contributed by atoms with van der Waals surface area (Å²) in [5.74, 6) is 2.19. The van der Waals surface area contributed by atoms with Crippen LogP contribution in [0.25, 0.3) is 0 Å². The van der Waals surface area contributed by atoms with Gasteiger partial charge in [0.15, 0.2) is 5.78 Å². The van der Waals surface area contributed by atoms with Crippen LogP contribution < -0.4 is 0 Å². The summed E-state index contributed by atoms with van der Waals surface area (Å²) in [4.78, 5) is 12.1. The van der Waals surface area contributed by atoms with E-state index in [1.54, 1.807) is 0 Å². The average molecular weight is 339 g/mol. The number of halogens is 2. The van der Waals surface area contributed by atoms with Gasteiger partial charge in [-0.05, 0) is 50.4 Å². The fourth-order valence-corrected chi connectivity index (χ4v) is 6.88. The van der Waals surface area contributed by atoms with Crippen LogP contribution in [-0.4, -0.2) is 15.1 Å². The van der Waals surface area contributed by atoms with Crippen molar-refractivity contribution >= 4 is 40.0 Å². The van der Waals surface area contributed by atoms with E-state index in [1.807, 2.05) is 0 Å². The minimum absolute atomic E-state index is 0.00692. The van der Waals surface area contributed by atoms with Crippen LogP contribution in [0, 0.1) is 17.3 Å². The van der Waals surface area contributed by atoms with Gasteiger partial charge in [0, 0.05) is 8.84 Å². The number of carbonyl (C=O) groups excluding carboxylic acids is 1. The minimum Gasteiger partial charge on any atom is -0.298 e. The van der Waals surface area contributed by atoms with Crippen molar-refractivity contribution in [1.82, 2.24) is 0 Å². The molecule has 3 heteroatoms. The Bertz CT molecular complexity index is 301. The molecule has 0 radical (unpaired) electrons. The maximum Gasteiger partial charge on any atom is 0.153 e. The predicted octanol–water partition coefficient (Wildman–Crippen LogP) is 3.57. The van der Waals surface area contributed by atoms with Gasteiger partial charge in [-0.15, -0.1) is 11.6 Å². The van der Waals surface area contributed by atoms with E-state index < -0.39 is 0 Å². The second-order valence-electron chi connectivity index (χ2n) is 5.95. The van der Waals surface area contributed by atoms with Crippen molar-refractivity contribution in [2.75, 3.05) is 5.88 Å². The molecule has 15 heavy (non-hydrogen) atoms. The highest BCUT2D eigenvalue weighted by molar-refractivity contribution is 14.1. The van der Waals surface area contributed by atoms with Crippen LogP contribution in [0.4, 0.5) is 0 Å². The lowest BCUT2D eigenvalue weighted by Gasteiger charge is -2.59. The molecule has 0 saturated heterocycles. The number of rotatable bonds is 2. The van der Waals surface area contributed by atoms with Gasteiger partial charge in [-0.3, -0.25) is 4.79 Å². The molecule has 0 aromatic heterocycles. The Morgan fingerprint density at radius 3 is 2.33 bits per heavy atom. The first-order valence-electron chi connectivity index (χ1n) is 5.83. The van der Waals surface area contributed by atoms with Crippen LogP contribution >= 0.6 is 34.2 Å². The summed E-state index contributed by atoms with van der Waals surface area (Å²) in [5, 5.41) is 0. The summed E-state index contributed by atoms with van der Waals surface area (Å²) in [6.45, 7) is 0. The number of alkyl halides is 2. The molecule has 2 unspecified atom stereocenters. The molecule has 0 N–H and O–H groups in total. The molecule has 0 amide bonds. The molecule has 2 atom stereocenters. The SMILES string of the molecule is O=C(CCl)C12CC3CC(CC(I)(C3)C1)C2. The third kappa shape index (κ3) is 1.58. The molecular formula is C12H16ClIO. The molecule has 4 rings (SSSR count). The molecule has 0 heterocycles.